The quantitative estimate of drug-likeness (QED) is 0.157. The van der Waals surface area contributed by atoms with E-state index in [1.165, 1.54) is 60.5 Å². The molecule has 3 nitrogen and oxygen atoms in total. The fourth-order valence-electron chi connectivity index (χ4n) is 9.02. The Morgan fingerprint density at radius 3 is 1.51 bits per heavy atom. The molecule has 3 atom stereocenters. The van der Waals surface area contributed by atoms with Crippen LogP contribution in [0.1, 0.15) is 54.7 Å². The van der Waals surface area contributed by atoms with E-state index in [0.717, 1.165) is 28.2 Å². The molecule has 0 radical (unpaired) electrons. The van der Waals surface area contributed by atoms with Gasteiger partial charge in [0.25, 0.3) is 0 Å². The van der Waals surface area contributed by atoms with Crippen LogP contribution in [0.4, 0.5) is 0 Å². The number of methoxy groups -OCH3 is 1. The Kier molecular flexibility index (Phi) is 8.46. The average molecular weight is 717 g/mol. The van der Waals surface area contributed by atoms with E-state index in [1.807, 2.05) is 6.92 Å². The minimum absolute atomic E-state index is 0. The van der Waals surface area contributed by atoms with E-state index in [0.29, 0.717) is 6.61 Å². The lowest BCUT2D eigenvalue weighted by Gasteiger charge is -2.34. The second-order valence-electron chi connectivity index (χ2n) is 14.9. The van der Waals surface area contributed by atoms with Gasteiger partial charge in [0.15, 0.2) is 0 Å². The molecule has 55 heavy (non-hydrogen) atoms. The zero-order chi connectivity index (χ0) is 36.4. The van der Waals surface area contributed by atoms with Gasteiger partial charge in [-0.15, -0.1) is 0 Å². The molecule has 0 N–H and O–H groups in total. The van der Waals surface area contributed by atoms with Gasteiger partial charge in [0.1, 0.15) is 17.1 Å². The number of rotatable bonds is 8. The van der Waals surface area contributed by atoms with E-state index < -0.39 is 5.60 Å². The molecule has 3 unspecified atom stereocenters. The van der Waals surface area contributed by atoms with E-state index in [2.05, 4.69) is 177 Å². The number of hydrogen-bond donors (Lipinski definition) is 0. The first-order chi connectivity index (χ1) is 26.5. The Balaban J connectivity index is 0.00000397. The largest absolute Gasteiger partial charge is 0.457 e. The maximum absolute atomic E-state index is 7.07. The molecule has 0 saturated carbocycles. The zero-order valence-corrected chi connectivity index (χ0v) is 30.7. The molecule has 10 rings (SSSR count). The highest BCUT2D eigenvalue weighted by Gasteiger charge is 2.46. The maximum Gasteiger partial charge on any atom is 0.145 e. The van der Waals surface area contributed by atoms with Crippen molar-refractivity contribution in [3.63, 3.8) is 0 Å². The topological polar surface area (TPSA) is 27.7 Å². The molecule has 0 aliphatic heterocycles. The summed E-state index contributed by atoms with van der Waals surface area (Å²) in [5.74, 6) is 1.56. The van der Waals surface area contributed by atoms with Crippen LogP contribution >= 0.6 is 0 Å². The smallest absolute Gasteiger partial charge is 0.145 e. The average Bonchev–Trinajstić information content (AvgIpc) is 3.64. The van der Waals surface area contributed by atoms with Gasteiger partial charge in [-0.3, -0.25) is 0 Å². The van der Waals surface area contributed by atoms with Crippen LogP contribution < -0.4 is 4.74 Å². The van der Waals surface area contributed by atoms with Crippen molar-refractivity contribution in [3.05, 3.63) is 203 Å². The third-order valence-corrected chi connectivity index (χ3v) is 11.9. The van der Waals surface area contributed by atoms with Gasteiger partial charge in [0, 0.05) is 23.7 Å². The van der Waals surface area contributed by atoms with E-state index in [4.69, 9.17) is 14.2 Å². The third-order valence-electron chi connectivity index (χ3n) is 11.9. The Morgan fingerprint density at radius 2 is 0.927 bits per heavy atom. The van der Waals surface area contributed by atoms with Crippen LogP contribution in [0.5, 0.6) is 11.5 Å². The first-order valence-corrected chi connectivity index (χ1v) is 18.8. The molecule has 8 aromatic carbocycles. The van der Waals surface area contributed by atoms with E-state index >= 15 is 0 Å². The fraction of sp³-hybridized carbons (Fsp3) is 0.154. The van der Waals surface area contributed by atoms with Crippen molar-refractivity contribution in [2.75, 3.05) is 13.7 Å². The van der Waals surface area contributed by atoms with Crippen molar-refractivity contribution in [2.45, 2.75) is 38.4 Å². The second kappa shape index (κ2) is 13.4. The molecule has 0 bridgehead atoms. The Hall–Kier alpha value is -6.00. The molecule has 0 fully saturated rings. The summed E-state index contributed by atoms with van der Waals surface area (Å²) in [5, 5.41) is 4.93. The lowest BCUT2D eigenvalue weighted by molar-refractivity contribution is -0.0433. The van der Waals surface area contributed by atoms with Gasteiger partial charge in [0.2, 0.25) is 0 Å². The predicted octanol–water partition coefficient (Wildman–Crippen LogP) is 13.1. The Labute approximate surface area is 323 Å². The highest BCUT2D eigenvalue weighted by atomic mass is 16.5. The molecule has 0 aromatic heterocycles. The summed E-state index contributed by atoms with van der Waals surface area (Å²) >= 11 is 0. The molecule has 270 valence electrons. The monoisotopic (exact) mass is 716 g/mol. The zero-order valence-electron chi connectivity index (χ0n) is 30.7. The fourth-order valence-corrected chi connectivity index (χ4v) is 9.02. The van der Waals surface area contributed by atoms with Gasteiger partial charge in [-0.1, -0.05) is 129 Å². The van der Waals surface area contributed by atoms with E-state index in [-0.39, 0.29) is 18.9 Å². The third kappa shape index (κ3) is 5.33. The minimum atomic E-state index is -0.808. The van der Waals surface area contributed by atoms with Crippen molar-refractivity contribution < 1.29 is 14.2 Å². The first-order valence-electron chi connectivity index (χ1n) is 18.8. The summed E-state index contributed by atoms with van der Waals surface area (Å²) in [5.41, 5.74) is 11.2. The summed E-state index contributed by atoms with van der Waals surface area (Å²) in [4.78, 5) is 0. The van der Waals surface area contributed by atoms with Crippen LogP contribution in [0.25, 0.3) is 43.8 Å². The molecule has 8 aromatic rings. The SMILES string of the molecule is C.COC(C)COC1(c2ccc(Oc3ccc(C4(C)c5ccccc5-c5cc6ccccc6cc54)cc3)cc2)c2ccccc2-c2cc3ccccc3cc21. The van der Waals surface area contributed by atoms with Crippen LogP contribution in [-0.2, 0) is 20.5 Å². The van der Waals surface area contributed by atoms with Crippen molar-refractivity contribution in [2.24, 2.45) is 0 Å². The predicted molar refractivity (Wildman–Crippen MR) is 226 cm³/mol. The van der Waals surface area contributed by atoms with Crippen LogP contribution in [0.3, 0.4) is 0 Å². The number of benzene rings is 8. The van der Waals surface area contributed by atoms with Gasteiger partial charge in [-0.25, -0.2) is 0 Å². The molecule has 2 aliphatic rings. The molecule has 3 heteroatoms. The van der Waals surface area contributed by atoms with Crippen LogP contribution in [0, 0.1) is 0 Å². The van der Waals surface area contributed by atoms with Crippen molar-refractivity contribution >= 4 is 21.5 Å². The number of ether oxygens (including phenoxy) is 3. The maximum atomic E-state index is 7.07. The van der Waals surface area contributed by atoms with Gasteiger partial charge in [0.05, 0.1) is 12.7 Å². The molecule has 0 amide bonds. The summed E-state index contributed by atoms with van der Waals surface area (Å²) in [6.45, 7) is 4.84. The molecule has 0 saturated heterocycles. The van der Waals surface area contributed by atoms with Crippen LogP contribution in [0.15, 0.2) is 170 Å². The molecular weight excluding hydrogens is 673 g/mol. The van der Waals surface area contributed by atoms with Crippen molar-refractivity contribution in [1.29, 1.82) is 0 Å². The van der Waals surface area contributed by atoms with E-state index in [1.54, 1.807) is 7.11 Å². The highest BCUT2D eigenvalue weighted by molar-refractivity contribution is 5.95. The van der Waals surface area contributed by atoms with Crippen molar-refractivity contribution in [3.8, 4) is 33.8 Å². The van der Waals surface area contributed by atoms with Gasteiger partial charge >= 0.3 is 0 Å². The Morgan fingerprint density at radius 1 is 0.473 bits per heavy atom. The second-order valence-corrected chi connectivity index (χ2v) is 14.9. The summed E-state index contributed by atoms with van der Waals surface area (Å²) in [6, 6.07) is 61.1. The minimum Gasteiger partial charge on any atom is -0.457 e. The van der Waals surface area contributed by atoms with Gasteiger partial charge in [-0.05, 0) is 128 Å². The van der Waals surface area contributed by atoms with Crippen LogP contribution in [0.2, 0.25) is 0 Å². The molecule has 2 aliphatic carbocycles. The number of hydrogen-bond acceptors (Lipinski definition) is 3. The first kappa shape index (κ1) is 34.7. The molecular formula is C52H44O3. The summed E-state index contributed by atoms with van der Waals surface area (Å²) in [7, 11) is 1.73. The lowest BCUT2D eigenvalue weighted by Crippen LogP contribution is -2.33. The van der Waals surface area contributed by atoms with Gasteiger partial charge < -0.3 is 14.2 Å². The lowest BCUT2D eigenvalue weighted by atomic mass is 9.74. The van der Waals surface area contributed by atoms with Crippen LogP contribution in [-0.4, -0.2) is 19.8 Å². The summed E-state index contributed by atoms with van der Waals surface area (Å²) < 4.78 is 19.3. The van der Waals surface area contributed by atoms with Gasteiger partial charge in [-0.2, -0.15) is 0 Å². The normalized spacial score (nSPS) is 18.2. The summed E-state index contributed by atoms with van der Waals surface area (Å²) in [6.07, 6.45) is -0.0723. The Bertz CT molecular complexity index is 2710. The molecule has 0 heterocycles. The highest BCUT2D eigenvalue weighted by Crippen LogP contribution is 2.55. The standard InChI is InChI=1S/C51H40O3.CH4/c1-33(52-3)32-53-51(47-19-11-9-17-43(47)45-29-35-13-5-7-15-37(35)31-49(45)51)39-22-26-41(27-23-39)54-40-24-20-38(21-25-40)50(2)46-18-10-8-16-42(46)44-28-34-12-4-6-14-36(34)30-48(44)50;/h4-31,33H,32H2,1-3H3;1H4. The van der Waals surface area contributed by atoms with Crippen molar-refractivity contribution in [1.82, 2.24) is 0 Å². The number of fused-ring (bicyclic) bond motifs is 8. The van der Waals surface area contributed by atoms with E-state index in [9.17, 15) is 0 Å². The molecule has 0 spiro atoms.